The van der Waals surface area contributed by atoms with Gasteiger partial charge in [0.2, 0.25) is 0 Å². The molecule has 0 amide bonds. The highest BCUT2D eigenvalue weighted by molar-refractivity contribution is 6.32. The number of hydrogen-bond donors (Lipinski definition) is 1. The molecule has 0 spiro atoms. The van der Waals surface area contributed by atoms with Crippen LogP contribution in [-0.2, 0) is 19.8 Å². The lowest BCUT2D eigenvalue weighted by Gasteiger charge is -2.10. The number of halogens is 2. The second-order valence-electron chi connectivity index (χ2n) is 5.08. The number of aliphatic hydroxyl groups excluding tert-OH is 1. The highest BCUT2D eigenvalue weighted by Crippen LogP contribution is 2.31. The highest BCUT2D eigenvalue weighted by Gasteiger charge is 2.13. The zero-order chi connectivity index (χ0) is 16.4. The van der Waals surface area contributed by atoms with E-state index in [1.807, 2.05) is 41.8 Å². The summed E-state index contributed by atoms with van der Waals surface area (Å²) in [5.74, 6) is 1.16. The second kappa shape index (κ2) is 6.79. The number of benzene rings is 2. The number of imidazole rings is 1. The van der Waals surface area contributed by atoms with Crippen LogP contribution in [-0.4, -0.2) is 14.7 Å². The molecule has 2 aromatic carbocycles. The van der Waals surface area contributed by atoms with Crippen molar-refractivity contribution in [3.05, 3.63) is 57.8 Å². The molecule has 1 aromatic heterocycles. The van der Waals surface area contributed by atoms with Crippen LogP contribution in [0.1, 0.15) is 18.3 Å². The Kier molecular flexibility index (Phi) is 4.76. The molecule has 0 fully saturated rings. The molecule has 120 valence electrons. The van der Waals surface area contributed by atoms with Crippen LogP contribution in [0.4, 0.5) is 0 Å². The average molecular weight is 351 g/mol. The van der Waals surface area contributed by atoms with Gasteiger partial charge in [-0.15, -0.1) is 0 Å². The third kappa shape index (κ3) is 3.15. The first kappa shape index (κ1) is 16.1. The summed E-state index contributed by atoms with van der Waals surface area (Å²) in [6.45, 7) is 2.92. The number of rotatable bonds is 5. The topological polar surface area (TPSA) is 47.3 Å². The molecule has 3 rings (SSSR count). The van der Waals surface area contributed by atoms with Gasteiger partial charge in [-0.2, -0.15) is 0 Å². The summed E-state index contributed by atoms with van der Waals surface area (Å²) in [5.41, 5.74) is 2.52. The van der Waals surface area contributed by atoms with Crippen LogP contribution >= 0.6 is 23.2 Å². The molecule has 0 unspecified atom stereocenters. The Bertz CT molecular complexity index is 846. The van der Waals surface area contributed by atoms with E-state index in [1.54, 1.807) is 6.07 Å². The van der Waals surface area contributed by atoms with Crippen molar-refractivity contribution in [1.82, 2.24) is 9.55 Å². The predicted molar refractivity (Wildman–Crippen MR) is 92.1 cm³/mol. The Morgan fingerprint density at radius 3 is 2.65 bits per heavy atom. The zero-order valence-corrected chi connectivity index (χ0v) is 14.1. The first-order valence-electron chi connectivity index (χ1n) is 7.29. The zero-order valence-electron chi connectivity index (χ0n) is 12.6. The van der Waals surface area contributed by atoms with Gasteiger partial charge in [0.05, 0.1) is 16.1 Å². The van der Waals surface area contributed by atoms with Crippen molar-refractivity contribution in [2.75, 3.05) is 0 Å². The highest BCUT2D eigenvalue weighted by atomic mass is 35.5. The SMILES string of the molecule is CCn1c(CO)nc2cc(OCc3ccccc3Cl)c(Cl)cc21. The van der Waals surface area contributed by atoms with Crippen LogP contribution in [0, 0.1) is 0 Å². The van der Waals surface area contributed by atoms with Crippen molar-refractivity contribution in [2.24, 2.45) is 0 Å². The molecule has 0 saturated heterocycles. The Hall–Kier alpha value is -1.75. The van der Waals surface area contributed by atoms with Crippen molar-refractivity contribution in [2.45, 2.75) is 26.7 Å². The molecule has 0 aliphatic rings. The molecular weight excluding hydrogens is 335 g/mol. The average Bonchev–Trinajstić information content (AvgIpc) is 2.90. The van der Waals surface area contributed by atoms with Gasteiger partial charge < -0.3 is 14.4 Å². The van der Waals surface area contributed by atoms with Gasteiger partial charge in [-0.1, -0.05) is 41.4 Å². The van der Waals surface area contributed by atoms with E-state index in [0.717, 1.165) is 16.6 Å². The maximum atomic E-state index is 9.41. The summed E-state index contributed by atoms with van der Waals surface area (Å²) in [6.07, 6.45) is 0. The van der Waals surface area contributed by atoms with Crippen molar-refractivity contribution in [1.29, 1.82) is 0 Å². The summed E-state index contributed by atoms with van der Waals surface area (Å²) in [5, 5.41) is 10.6. The van der Waals surface area contributed by atoms with E-state index < -0.39 is 0 Å². The van der Waals surface area contributed by atoms with E-state index in [0.29, 0.717) is 34.8 Å². The van der Waals surface area contributed by atoms with E-state index >= 15 is 0 Å². The van der Waals surface area contributed by atoms with E-state index in [4.69, 9.17) is 27.9 Å². The van der Waals surface area contributed by atoms with Gasteiger partial charge in [0.15, 0.2) is 0 Å². The van der Waals surface area contributed by atoms with Crippen LogP contribution in [0.5, 0.6) is 5.75 Å². The summed E-state index contributed by atoms with van der Waals surface area (Å²) >= 11 is 12.5. The molecule has 1 N–H and O–H groups in total. The quantitative estimate of drug-likeness (QED) is 0.740. The van der Waals surface area contributed by atoms with Gasteiger partial charge in [-0.3, -0.25) is 0 Å². The van der Waals surface area contributed by atoms with Crippen molar-refractivity contribution < 1.29 is 9.84 Å². The van der Waals surface area contributed by atoms with E-state index in [2.05, 4.69) is 4.98 Å². The van der Waals surface area contributed by atoms with E-state index in [-0.39, 0.29) is 6.61 Å². The molecule has 6 heteroatoms. The number of aromatic nitrogens is 2. The third-order valence-electron chi connectivity index (χ3n) is 3.68. The van der Waals surface area contributed by atoms with Crippen molar-refractivity contribution in [3.8, 4) is 5.75 Å². The minimum Gasteiger partial charge on any atom is -0.487 e. The molecule has 23 heavy (non-hydrogen) atoms. The van der Waals surface area contributed by atoms with Crippen molar-refractivity contribution >= 4 is 34.2 Å². The molecular formula is C17H16Cl2N2O2. The summed E-state index contributed by atoms with van der Waals surface area (Å²) in [4.78, 5) is 4.42. The fraction of sp³-hybridized carbons (Fsp3) is 0.235. The van der Waals surface area contributed by atoms with Crippen LogP contribution in [0.2, 0.25) is 10.0 Å². The Labute approximate surface area is 144 Å². The van der Waals surface area contributed by atoms with Gasteiger partial charge >= 0.3 is 0 Å². The molecule has 0 aliphatic heterocycles. The molecule has 3 aromatic rings. The molecule has 1 heterocycles. The minimum absolute atomic E-state index is 0.115. The number of fused-ring (bicyclic) bond motifs is 1. The largest absolute Gasteiger partial charge is 0.487 e. The number of aliphatic hydroxyl groups is 1. The van der Waals surface area contributed by atoms with Crippen LogP contribution in [0.3, 0.4) is 0 Å². The Morgan fingerprint density at radius 1 is 1.17 bits per heavy atom. The maximum absolute atomic E-state index is 9.41. The van der Waals surface area contributed by atoms with Gasteiger partial charge in [0, 0.05) is 23.2 Å². The molecule has 0 aliphatic carbocycles. The van der Waals surface area contributed by atoms with E-state index in [1.165, 1.54) is 0 Å². The van der Waals surface area contributed by atoms with E-state index in [9.17, 15) is 5.11 Å². The number of nitrogens with zero attached hydrogens (tertiary/aromatic N) is 2. The second-order valence-corrected chi connectivity index (χ2v) is 5.90. The lowest BCUT2D eigenvalue weighted by atomic mass is 10.2. The fourth-order valence-electron chi connectivity index (χ4n) is 2.53. The van der Waals surface area contributed by atoms with Crippen LogP contribution in [0.15, 0.2) is 36.4 Å². The number of hydrogen-bond acceptors (Lipinski definition) is 3. The lowest BCUT2D eigenvalue weighted by molar-refractivity contribution is 0.266. The Morgan fingerprint density at radius 2 is 1.96 bits per heavy atom. The normalized spacial score (nSPS) is 11.1. The summed E-state index contributed by atoms with van der Waals surface area (Å²) in [7, 11) is 0. The first-order valence-corrected chi connectivity index (χ1v) is 8.05. The Balaban J connectivity index is 1.92. The van der Waals surface area contributed by atoms with Gasteiger partial charge in [0.1, 0.15) is 24.8 Å². The molecule has 0 bridgehead atoms. The summed E-state index contributed by atoms with van der Waals surface area (Å²) in [6, 6.07) is 11.1. The first-order chi connectivity index (χ1) is 11.1. The lowest BCUT2D eigenvalue weighted by Crippen LogP contribution is -2.01. The van der Waals surface area contributed by atoms with Crippen molar-refractivity contribution in [3.63, 3.8) is 0 Å². The number of aryl methyl sites for hydroxylation is 1. The monoisotopic (exact) mass is 350 g/mol. The van der Waals surface area contributed by atoms with Crippen LogP contribution in [0.25, 0.3) is 11.0 Å². The fourth-order valence-corrected chi connectivity index (χ4v) is 2.93. The predicted octanol–water partition coefficient (Wildman–Crippen LogP) is 4.43. The van der Waals surface area contributed by atoms with Crippen LogP contribution < -0.4 is 4.74 Å². The smallest absolute Gasteiger partial charge is 0.140 e. The third-order valence-corrected chi connectivity index (χ3v) is 4.34. The number of ether oxygens (including phenoxy) is 1. The summed E-state index contributed by atoms with van der Waals surface area (Å²) < 4.78 is 7.73. The maximum Gasteiger partial charge on any atom is 0.140 e. The van der Waals surface area contributed by atoms with Gasteiger partial charge in [0.25, 0.3) is 0 Å². The van der Waals surface area contributed by atoms with Gasteiger partial charge in [-0.25, -0.2) is 4.98 Å². The standard InChI is InChI=1S/C17H16Cl2N2O2/c1-2-21-15-7-13(19)16(8-14(15)20-17(21)9-22)23-10-11-5-3-4-6-12(11)18/h3-8,22H,2,9-10H2,1H3. The molecule has 4 nitrogen and oxygen atoms in total. The minimum atomic E-state index is -0.115. The molecule has 0 atom stereocenters. The molecule has 0 saturated carbocycles. The molecule has 0 radical (unpaired) electrons. The van der Waals surface area contributed by atoms with Gasteiger partial charge in [-0.05, 0) is 19.1 Å².